The molecule has 0 aliphatic heterocycles. The van der Waals surface area contributed by atoms with Gasteiger partial charge in [0.05, 0.1) is 5.56 Å². The lowest BCUT2D eigenvalue weighted by Gasteiger charge is -2.03. The van der Waals surface area contributed by atoms with Crippen molar-refractivity contribution in [3.63, 3.8) is 0 Å². The van der Waals surface area contributed by atoms with Crippen molar-refractivity contribution in [1.82, 2.24) is 9.97 Å². The highest BCUT2D eigenvalue weighted by molar-refractivity contribution is 5.82. The summed E-state index contributed by atoms with van der Waals surface area (Å²) in [7, 11) is 0. The second-order valence-corrected chi connectivity index (χ2v) is 5.78. The summed E-state index contributed by atoms with van der Waals surface area (Å²) < 4.78 is 11.6. The van der Waals surface area contributed by atoms with Gasteiger partial charge in [-0.2, -0.15) is 0 Å². The van der Waals surface area contributed by atoms with Crippen LogP contribution in [0.4, 0.5) is 5.69 Å². The van der Waals surface area contributed by atoms with E-state index < -0.39 is 0 Å². The van der Waals surface area contributed by atoms with E-state index in [0.29, 0.717) is 17.5 Å². The molecule has 0 bridgehead atoms. The maximum Gasteiger partial charge on any atom is 0.229 e. The number of hydrogen-bond donors (Lipinski definition) is 1. The summed E-state index contributed by atoms with van der Waals surface area (Å²) in [5.41, 5.74) is 11.5. The summed E-state index contributed by atoms with van der Waals surface area (Å²) in [6.07, 6.45) is 0. The lowest BCUT2D eigenvalue weighted by Crippen LogP contribution is -1.91. The zero-order valence-corrected chi connectivity index (χ0v) is 13.1. The molecule has 0 unspecified atom stereocenters. The number of nitrogen functional groups attached to an aromatic ring is 1. The SMILES string of the molecule is Nc1cc(-c2nc3ccccc3o2)ccc1-c1nc2ccccc2o1. The van der Waals surface area contributed by atoms with Gasteiger partial charge in [-0.05, 0) is 42.5 Å². The molecule has 2 heterocycles. The van der Waals surface area contributed by atoms with Gasteiger partial charge in [-0.1, -0.05) is 24.3 Å². The molecule has 0 atom stereocenters. The second kappa shape index (κ2) is 5.21. The van der Waals surface area contributed by atoms with Crippen molar-refractivity contribution in [3.05, 3.63) is 66.7 Å². The van der Waals surface area contributed by atoms with Crippen LogP contribution in [0.25, 0.3) is 45.1 Å². The maximum atomic E-state index is 6.24. The van der Waals surface area contributed by atoms with Crippen molar-refractivity contribution in [2.24, 2.45) is 0 Å². The summed E-state index contributed by atoms with van der Waals surface area (Å²) in [5.74, 6) is 1.04. The summed E-state index contributed by atoms with van der Waals surface area (Å²) in [5, 5.41) is 0. The van der Waals surface area contributed by atoms with Crippen LogP contribution in [0.3, 0.4) is 0 Å². The van der Waals surface area contributed by atoms with E-state index in [4.69, 9.17) is 14.6 Å². The fourth-order valence-electron chi connectivity index (χ4n) is 2.87. The zero-order valence-electron chi connectivity index (χ0n) is 13.1. The molecule has 25 heavy (non-hydrogen) atoms. The number of rotatable bonds is 2. The molecule has 0 radical (unpaired) electrons. The first-order valence-corrected chi connectivity index (χ1v) is 7.89. The molecule has 5 heteroatoms. The van der Waals surface area contributed by atoms with Crippen molar-refractivity contribution in [3.8, 4) is 22.9 Å². The van der Waals surface area contributed by atoms with E-state index in [-0.39, 0.29) is 0 Å². The molecule has 2 aromatic heterocycles. The first kappa shape index (κ1) is 13.8. The minimum atomic E-state index is 0.503. The van der Waals surface area contributed by atoms with Crippen LogP contribution < -0.4 is 5.73 Å². The van der Waals surface area contributed by atoms with Gasteiger partial charge in [0.25, 0.3) is 0 Å². The van der Waals surface area contributed by atoms with Crippen LogP contribution in [-0.4, -0.2) is 9.97 Å². The average Bonchev–Trinajstić information content (AvgIpc) is 3.25. The van der Waals surface area contributed by atoms with Crippen molar-refractivity contribution >= 4 is 27.9 Å². The molecule has 120 valence electrons. The minimum Gasteiger partial charge on any atom is -0.436 e. The van der Waals surface area contributed by atoms with Gasteiger partial charge in [-0.25, -0.2) is 9.97 Å². The summed E-state index contributed by atoms with van der Waals surface area (Å²) in [6, 6.07) is 20.9. The molecule has 5 rings (SSSR count). The average molecular weight is 327 g/mol. The third kappa shape index (κ3) is 2.25. The zero-order chi connectivity index (χ0) is 16.8. The number of para-hydroxylation sites is 4. The Morgan fingerprint density at radius 1 is 0.680 bits per heavy atom. The van der Waals surface area contributed by atoms with Gasteiger partial charge in [0.1, 0.15) is 11.0 Å². The molecule has 0 aliphatic rings. The first-order valence-electron chi connectivity index (χ1n) is 7.89. The maximum absolute atomic E-state index is 6.24. The van der Waals surface area contributed by atoms with E-state index in [2.05, 4.69) is 9.97 Å². The monoisotopic (exact) mass is 327 g/mol. The summed E-state index contributed by atoms with van der Waals surface area (Å²) in [6.45, 7) is 0. The third-order valence-electron chi connectivity index (χ3n) is 4.12. The predicted octanol–water partition coefficient (Wildman–Crippen LogP) is 4.89. The number of hydrogen-bond acceptors (Lipinski definition) is 5. The molecule has 2 N–H and O–H groups in total. The van der Waals surface area contributed by atoms with Gasteiger partial charge in [0.2, 0.25) is 11.8 Å². The van der Waals surface area contributed by atoms with Gasteiger partial charge >= 0.3 is 0 Å². The normalized spacial score (nSPS) is 11.4. The lowest BCUT2D eigenvalue weighted by atomic mass is 10.1. The third-order valence-corrected chi connectivity index (χ3v) is 4.12. The molecule has 0 saturated carbocycles. The number of fused-ring (bicyclic) bond motifs is 2. The topological polar surface area (TPSA) is 78.1 Å². The lowest BCUT2D eigenvalue weighted by molar-refractivity contribution is 0.618. The number of oxazole rings is 2. The Hall–Kier alpha value is -3.60. The second-order valence-electron chi connectivity index (χ2n) is 5.78. The Morgan fingerprint density at radius 2 is 1.28 bits per heavy atom. The van der Waals surface area contributed by atoms with Crippen molar-refractivity contribution in [1.29, 1.82) is 0 Å². The van der Waals surface area contributed by atoms with Crippen molar-refractivity contribution in [2.75, 3.05) is 5.73 Å². The van der Waals surface area contributed by atoms with Gasteiger partial charge in [0.15, 0.2) is 11.2 Å². The molecule has 0 fully saturated rings. The largest absolute Gasteiger partial charge is 0.436 e. The fraction of sp³-hybridized carbons (Fsp3) is 0. The Bertz CT molecular complexity index is 1150. The van der Waals surface area contributed by atoms with E-state index >= 15 is 0 Å². The first-order chi connectivity index (χ1) is 12.3. The van der Waals surface area contributed by atoms with Crippen LogP contribution in [0.2, 0.25) is 0 Å². The molecule has 0 saturated heterocycles. The number of aromatic nitrogens is 2. The Balaban J connectivity index is 1.59. The molecule has 3 aromatic carbocycles. The molecule has 5 nitrogen and oxygen atoms in total. The van der Waals surface area contributed by atoms with Crippen LogP contribution in [-0.2, 0) is 0 Å². The van der Waals surface area contributed by atoms with E-state index in [1.54, 1.807) is 0 Å². The standard InChI is InChI=1S/C20H13N3O2/c21-14-11-12(19-22-15-5-1-3-7-17(15)24-19)9-10-13(14)20-23-16-6-2-4-8-18(16)25-20/h1-11H,21H2. The van der Waals surface area contributed by atoms with E-state index in [0.717, 1.165) is 33.3 Å². The van der Waals surface area contributed by atoms with Gasteiger partial charge in [0, 0.05) is 11.3 Å². The summed E-state index contributed by atoms with van der Waals surface area (Å²) in [4.78, 5) is 9.00. The van der Waals surface area contributed by atoms with E-state index in [9.17, 15) is 0 Å². The van der Waals surface area contributed by atoms with Crippen LogP contribution in [0.5, 0.6) is 0 Å². The van der Waals surface area contributed by atoms with E-state index in [1.165, 1.54) is 0 Å². The Kier molecular flexibility index (Phi) is 2.87. The highest BCUT2D eigenvalue weighted by Crippen LogP contribution is 2.32. The molecule has 5 aromatic rings. The van der Waals surface area contributed by atoms with Crippen LogP contribution in [0, 0.1) is 0 Å². The Morgan fingerprint density at radius 3 is 1.92 bits per heavy atom. The molecular weight excluding hydrogens is 314 g/mol. The molecule has 0 amide bonds. The van der Waals surface area contributed by atoms with Crippen molar-refractivity contribution in [2.45, 2.75) is 0 Å². The van der Waals surface area contributed by atoms with Crippen molar-refractivity contribution < 1.29 is 8.83 Å². The molecule has 0 spiro atoms. The van der Waals surface area contributed by atoms with Gasteiger partial charge in [-0.15, -0.1) is 0 Å². The highest BCUT2D eigenvalue weighted by atomic mass is 16.4. The Labute approximate surface area is 142 Å². The van der Waals surface area contributed by atoms with Crippen LogP contribution in [0.1, 0.15) is 0 Å². The quantitative estimate of drug-likeness (QED) is 0.467. The summed E-state index contributed by atoms with van der Waals surface area (Å²) >= 11 is 0. The van der Waals surface area contributed by atoms with Gasteiger partial charge < -0.3 is 14.6 Å². The fourth-order valence-corrected chi connectivity index (χ4v) is 2.87. The van der Waals surface area contributed by atoms with Crippen LogP contribution >= 0.6 is 0 Å². The number of anilines is 1. The molecule has 0 aliphatic carbocycles. The number of nitrogens with zero attached hydrogens (tertiary/aromatic N) is 2. The number of nitrogens with two attached hydrogens (primary N) is 1. The minimum absolute atomic E-state index is 0.503. The van der Waals surface area contributed by atoms with E-state index in [1.807, 2.05) is 66.7 Å². The number of benzene rings is 3. The molecular formula is C20H13N3O2. The van der Waals surface area contributed by atoms with Gasteiger partial charge in [-0.3, -0.25) is 0 Å². The smallest absolute Gasteiger partial charge is 0.229 e. The predicted molar refractivity (Wildman–Crippen MR) is 96.9 cm³/mol. The van der Waals surface area contributed by atoms with Crippen LogP contribution in [0.15, 0.2) is 75.6 Å². The highest BCUT2D eigenvalue weighted by Gasteiger charge is 2.14.